The molecule has 26 heavy (non-hydrogen) atoms. The molecule has 3 rings (SSSR count). The summed E-state index contributed by atoms with van der Waals surface area (Å²) in [7, 11) is -2.07. The Morgan fingerprint density at radius 2 is 2.19 bits per heavy atom. The molecule has 0 spiro atoms. The van der Waals surface area contributed by atoms with Crippen molar-refractivity contribution in [3.05, 3.63) is 47.0 Å². The predicted octanol–water partition coefficient (Wildman–Crippen LogP) is 2.01. The molecule has 0 saturated carbocycles. The first-order valence-electron chi connectivity index (χ1n) is 8.01. The summed E-state index contributed by atoms with van der Waals surface area (Å²) in [5.74, 6) is 1.18. The first-order valence-corrected chi connectivity index (χ1v) is 9.49. The summed E-state index contributed by atoms with van der Waals surface area (Å²) in [6, 6.07) is 3.71. The molecule has 1 aromatic carbocycles. The van der Waals surface area contributed by atoms with Crippen LogP contribution in [-0.2, 0) is 23.5 Å². The van der Waals surface area contributed by atoms with Gasteiger partial charge in [-0.2, -0.15) is 0 Å². The number of halogens is 1. The van der Waals surface area contributed by atoms with E-state index in [1.807, 2.05) is 0 Å². The second-order valence-corrected chi connectivity index (χ2v) is 7.97. The standard InChI is InChI=1S/C18H18FN3O3S/c1-4-12-9-13(6-8-15(12)19)20-18(23)17-14-7-5-11(2)21-26(24,25)16(14)10-22(17)3/h1,6,8-11,21H,5,7H2,2-3H3,(H,20,23)/t11-/m0/s1. The molecule has 1 atom stereocenters. The molecule has 0 radical (unpaired) electrons. The molecule has 1 aliphatic heterocycles. The Bertz CT molecular complexity index is 1030. The molecular weight excluding hydrogens is 357 g/mol. The van der Waals surface area contributed by atoms with Crippen molar-refractivity contribution in [2.24, 2.45) is 7.05 Å². The number of fused-ring (bicyclic) bond motifs is 1. The lowest BCUT2D eigenvalue weighted by molar-refractivity contribution is 0.101. The van der Waals surface area contributed by atoms with E-state index in [1.165, 1.54) is 29.0 Å². The molecule has 1 aromatic heterocycles. The molecule has 0 fully saturated rings. The Kier molecular flexibility index (Phi) is 4.61. The molecule has 2 N–H and O–H groups in total. The zero-order chi connectivity index (χ0) is 19.1. The summed E-state index contributed by atoms with van der Waals surface area (Å²) >= 11 is 0. The van der Waals surface area contributed by atoms with Crippen molar-refractivity contribution in [2.75, 3.05) is 5.32 Å². The lowest BCUT2D eigenvalue weighted by atomic mass is 10.1. The molecule has 0 bridgehead atoms. The molecule has 136 valence electrons. The summed E-state index contributed by atoms with van der Waals surface area (Å²) in [6.07, 6.45) is 7.70. The largest absolute Gasteiger partial charge is 0.345 e. The maximum absolute atomic E-state index is 13.5. The van der Waals surface area contributed by atoms with Gasteiger partial charge in [-0.15, -0.1) is 6.42 Å². The first-order chi connectivity index (χ1) is 12.2. The van der Waals surface area contributed by atoms with Gasteiger partial charge < -0.3 is 9.88 Å². The van der Waals surface area contributed by atoms with Gasteiger partial charge in [0.05, 0.1) is 5.56 Å². The highest BCUT2D eigenvalue weighted by Gasteiger charge is 2.31. The summed E-state index contributed by atoms with van der Waals surface area (Å²) in [5, 5.41) is 2.66. The van der Waals surface area contributed by atoms with Gasteiger partial charge in [0.25, 0.3) is 5.91 Å². The minimum absolute atomic E-state index is 0.0362. The number of carbonyl (C=O) groups excluding carboxylic acids is 1. The van der Waals surface area contributed by atoms with E-state index in [9.17, 15) is 17.6 Å². The summed E-state index contributed by atoms with van der Waals surface area (Å²) in [5.41, 5.74) is 1.10. The third kappa shape index (κ3) is 3.23. The summed E-state index contributed by atoms with van der Waals surface area (Å²) < 4.78 is 42.5. The Morgan fingerprint density at radius 3 is 2.88 bits per heavy atom. The molecule has 1 aliphatic rings. The lowest BCUT2D eigenvalue weighted by Gasteiger charge is -2.10. The Morgan fingerprint density at radius 1 is 1.46 bits per heavy atom. The average molecular weight is 375 g/mol. The van der Waals surface area contributed by atoms with Crippen molar-refractivity contribution >= 4 is 21.6 Å². The maximum Gasteiger partial charge on any atom is 0.272 e. The minimum Gasteiger partial charge on any atom is -0.345 e. The monoisotopic (exact) mass is 375 g/mol. The number of nitrogens with one attached hydrogen (secondary N) is 2. The third-order valence-electron chi connectivity index (χ3n) is 4.31. The maximum atomic E-state index is 13.5. The molecule has 2 aromatic rings. The van der Waals surface area contributed by atoms with Crippen LogP contribution in [0.1, 0.15) is 35.0 Å². The predicted molar refractivity (Wildman–Crippen MR) is 95.8 cm³/mol. The van der Waals surface area contributed by atoms with Crippen LogP contribution in [0, 0.1) is 18.2 Å². The summed E-state index contributed by atoms with van der Waals surface area (Å²) in [4.78, 5) is 12.9. The van der Waals surface area contributed by atoms with E-state index in [2.05, 4.69) is 16.0 Å². The number of aromatic nitrogens is 1. The van der Waals surface area contributed by atoms with Crippen molar-refractivity contribution in [1.29, 1.82) is 0 Å². The molecule has 0 unspecified atom stereocenters. The minimum atomic E-state index is -3.68. The average Bonchev–Trinajstić information content (AvgIpc) is 2.86. The highest BCUT2D eigenvalue weighted by Crippen LogP contribution is 2.28. The smallest absolute Gasteiger partial charge is 0.272 e. The normalized spacial score (nSPS) is 18.5. The molecular formula is C18H18FN3O3S. The highest BCUT2D eigenvalue weighted by atomic mass is 32.2. The van der Waals surface area contributed by atoms with Gasteiger partial charge in [-0.05, 0) is 38.0 Å². The molecule has 1 amide bonds. The van der Waals surface area contributed by atoms with Gasteiger partial charge in [-0.1, -0.05) is 5.92 Å². The van der Waals surface area contributed by atoms with Crippen molar-refractivity contribution in [3.8, 4) is 12.3 Å². The van der Waals surface area contributed by atoms with E-state index in [0.717, 1.165) is 0 Å². The lowest BCUT2D eigenvalue weighted by Crippen LogP contribution is -2.30. The molecule has 0 saturated heterocycles. The zero-order valence-electron chi connectivity index (χ0n) is 14.3. The van der Waals surface area contributed by atoms with Crippen LogP contribution in [0.4, 0.5) is 10.1 Å². The molecule has 6 nitrogen and oxygen atoms in total. The van der Waals surface area contributed by atoms with E-state index in [1.54, 1.807) is 14.0 Å². The number of rotatable bonds is 2. The van der Waals surface area contributed by atoms with Crippen LogP contribution in [0.25, 0.3) is 0 Å². The topological polar surface area (TPSA) is 80.2 Å². The third-order valence-corrected chi connectivity index (χ3v) is 5.96. The van der Waals surface area contributed by atoms with Crippen molar-refractivity contribution in [1.82, 2.24) is 9.29 Å². The van der Waals surface area contributed by atoms with Gasteiger partial charge in [0.1, 0.15) is 16.4 Å². The van der Waals surface area contributed by atoms with E-state index < -0.39 is 21.7 Å². The zero-order valence-corrected chi connectivity index (χ0v) is 15.2. The van der Waals surface area contributed by atoms with Crippen LogP contribution in [-0.4, -0.2) is 24.9 Å². The number of nitrogens with zero attached hydrogens (tertiary/aromatic N) is 1. The van der Waals surface area contributed by atoms with Crippen molar-refractivity contribution in [3.63, 3.8) is 0 Å². The second-order valence-electron chi connectivity index (χ2n) is 6.29. The molecule has 8 heteroatoms. The Labute approximate surface area is 151 Å². The van der Waals surface area contributed by atoms with Gasteiger partial charge in [-0.25, -0.2) is 17.5 Å². The number of hydrogen-bond donors (Lipinski definition) is 2. The van der Waals surface area contributed by atoms with Gasteiger partial charge in [-0.3, -0.25) is 4.79 Å². The van der Waals surface area contributed by atoms with Crippen LogP contribution in [0.2, 0.25) is 0 Å². The number of sulfonamides is 1. The van der Waals surface area contributed by atoms with Crippen LogP contribution in [0.15, 0.2) is 29.3 Å². The number of benzene rings is 1. The van der Waals surface area contributed by atoms with E-state index in [4.69, 9.17) is 6.42 Å². The van der Waals surface area contributed by atoms with Crippen LogP contribution < -0.4 is 10.0 Å². The Hall–Kier alpha value is -2.63. The SMILES string of the molecule is C#Cc1cc(NC(=O)c2c3c(cn2C)S(=O)(=O)N[C@@H](C)CC3)ccc1F. The van der Waals surface area contributed by atoms with Gasteiger partial charge in [0.15, 0.2) is 0 Å². The number of anilines is 1. The van der Waals surface area contributed by atoms with E-state index in [0.29, 0.717) is 24.1 Å². The van der Waals surface area contributed by atoms with E-state index in [-0.39, 0.29) is 22.2 Å². The number of aryl methyl sites for hydroxylation is 1. The molecule has 0 aliphatic carbocycles. The molecule has 2 heterocycles. The van der Waals surface area contributed by atoms with Crippen molar-refractivity contribution in [2.45, 2.75) is 30.7 Å². The quantitative estimate of drug-likeness (QED) is 0.788. The fourth-order valence-electron chi connectivity index (χ4n) is 3.07. The second kappa shape index (κ2) is 6.59. The number of terminal acetylenes is 1. The fraction of sp³-hybridized carbons (Fsp3) is 0.278. The summed E-state index contributed by atoms with van der Waals surface area (Å²) in [6.45, 7) is 1.78. The first kappa shape index (κ1) is 18.2. The van der Waals surface area contributed by atoms with Gasteiger partial charge in [0.2, 0.25) is 10.0 Å². The van der Waals surface area contributed by atoms with Gasteiger partial charge >= 0.3 is 0 Å². The van der Waals surface area contributed by atoms with Crippen LogP contribution in [0.3, 0.4) is 0 Å². The number of hydrogen-bond acceptors (Lipinski definition) is 3. The van der Waals surface area contributed by atoms with Crippen LogP contribution in [0.5, 0.6) is 0 Å². The van der Waals surface area contributed by atoms with Gasteiger partial charge in [0, 0.05) is 30.5 Å². The number of amides is 1. The van der Waals surface area contributed by atoms with E-state index >= 15 is 0 Å². The van der Waals surface area contributed by atoms with Crippen LogP contribution >= 0.6 is 0 Å². The number of carbonyl (C=O) groups is 1. The fourth-order valence-corrected chi connectivity index (χ4v) is 4.66. The van der Waals surface area contributed by atoms with Crippen molar-refractivity contribution < 1.29 is 17.6 Å². The highest BCUT2D eigenvalue weighted by molar-refractivity contribution is 7.89. The Balaban J connectivity index is 1.99.